The summed E-state index contributed by atoms with van der Waals surface area (Å²) in [6.07, 6.45) is 2.67. The molecule has 0 aromatic carbocycles. The zero-order valence-electron chi connectivity index (χ0n) is 13.7. The Bertz CT molecular complexity index is 300. The highest BCUT2D eigenvalue weighted by molar-refractivity contribution is 5.79. The number of nitrogens with one attached hydrogen (secondary N) is 2. The highest BCUT2D eigenvalue weighted by Crippen LogP contribution is 2.33. The minimum absolute atomic E-state index is 0.180. The molecule has 1 aliphatic heterocycles. The van der Waals surface area contributed by atoms with Gasteiger partial charge in [-0.25, -0.2) is 0 Å². The molecule has 1 saturated heterocycles. The molecular weight excluding hydrogens is 254 g/mol. The molecule has 0 aliphatic carbocycles. The van der Waals surface area contributed by atoms with Crippen LogP contribution in [-0.4, -0.2) is 52.5 Å². The first-order valence-corrected chi connectivity index (χ1v) is 7.54. The summed E-state index contributed by atoms with van der Waals surface area (Å²) in [5.74, 6) is 1.37. The Morgan fingerprint density at radius 1 is 1.35 bits per heavy atom. The van der Waals surface area contributed by atoms with E-state index in [2.05, 4.69) is 36.4 Å². The van der Waals surface area contributed by atoms with Gasteiger partial charge in [0, 0.05) is 39.8 Å². The van der Waals surface area contributed by atoms with Crippen LogP contribution in [-0.2, 0) is 9.47 Å². The van der Waals surface area contributed by atoms with Gasteiger partial charge >= 0.3 is 0 Å². The maximum Gasteiger partial charge on any atom is 0.191 e. The third-order valence-corrected chi connectivity index (χ3v) is 3.65. The highest BCUT2D eigenvalue weighted by Gasteiger charge is 2.35. The predicted molar refractivity (Wildman–Crippen MR) is 83.2 cm³/mol. The van der Waals surface area contributed by atoms with E-state index in [0.717, 1.165) is 32.1 Å². The molecule has 2 N–H and O–H groups in total. The van der Waals surface area contributed by atoms with E-state index in [1.165, 1.54) is 6.42 Å². The minimum atomic E-state index is 0.180. The molecule has 20 heavy (non-hydrogen) atoms. The number of hydrogen-bond donors (Lipinski definition) is 2. The fraction of sp³-hybridized carbons (Fsp3) is 0.933. The zero-order chi connectivity index (χ0) is 15.0. The summed E-state index contributed by atoms with van der Waals surface area (Å²) >= 11 is 0. The van der Waals surface area contributed by atoms with Crippen molar-refractivity contribution < 1.29 is 9.47 Å². The van der Waals surface area contributed by atoms with Crippen LogP contribution >= 0.6 is 0 Å². The third kappa shape index (κ3) is 5.67. The summed E-state index contributed by atoms with van der Waals surface area (Å²) in [5.41, 5.74) is 0.180. The Morgan fingerprint density at radius 2 is 2.10 bits per heavy atom. The molecule has 2 atom stereocenters. The summed E-state index contributed by atoms with van der Waals surface area (Å²) in [4.78, 5) is 4.23. The summed E-state index contributed by atoms with van der Waals surface area (Å²) in [7, 11) is 3.49. The molecule has 1 rings (SSSR count). The van der Waals surface area contributed by atoms with Crippen molar-refractivity contribution in [1.29, 1.82) is 0 Å². The van der Waals surface area contributed by atoms with Crippen molar-refractivity contribution in [1.82, 2.24) is 10.6 Å². The molecule has 5 nitrogen and oxygen atoms in total. The molecule has 0 radical (unpaired) electrons. The smallest absolute Gasteiger partial charge is 0.191 e. The lowest BCUT2D eigenvalue weighted by Gasteiger charge is -2.40. The van der Waals surface area contributed by atoms with Crippen LogP contribution < -0.4 is 10.6 Å². The van der Waals surface area contributed by atoms with E-state index in [-0.39, 0.29) is 5.41 Å². The van der Waals surface area contributed by atoms with Gasteiger partial charge in [-0.2, -0.15) is 0 Å². The van der Waals surface area contributed by atoms with Crippen LogP contribution in [0.15, 0.2) is 4.99 Å². The molecule has 0 saturated carbocycles. The maximum absolute atomic E-state index is 6.00. The van der Waals surface area contributed by atoms with E-state index in [9.17, 15) is 0 Å². The fourth-order valence-corrected chi connectivity index (χ4v) is 2.73. The topological polar surface area (TPSA) is 54.9 Å². The molecule has 118 valence electrons. The van der Waals surface area contributed by atoms with Gasteiger partial charge < -0.3 is 20.1 Å². The first-order valence-electron chi connectivity index (χ1n) is 7.54. The molecular formula is C15H31N3O2. The average Bonchev–Trinajstić information content (AvgIpc) is 2.42. The van der Waals surface area contributed by atoms with E-state index >= 15 is 0 Å². The van der Waals surface area contributed by atoms with Crippen molar-refractivity contribution in [3.63, 3.8) is 0 Å². The SMILES string of the molecule is CN=C(NCCOC)NCC1CCCOC1C(C)(C)C. The first kappa shape index (κ1) is 17.2. The lowest BCUT2D eigenvalue weighted by Crippen LogP contribution is -2.47. The molecule has 5 heteroatoms. The van der Waals surface area contributed by atoms with Gasteiger partial charge in [0.05, 0.1) is 12.7 Å². The van der Waals surface area contributed by atoms with Gasteiger partial charge in [0.25, 0.3) is 0 Å². The summed E-state index contributed by atoms with van der Waals surface area (Å²) in [5, 5.41) is 6.64. The molecule has 1 fully saturated rings. The molecule has 1 aliphatic rings. The van der Waals surface area contributed by atoms with Crippen LogP contribution in [0.25, 0.3) is 0 Å². The van der Waals surface area contributed by atoms with E-state index in [1.807, 2.05) is 0 Å². The molecule has 0 spiro atoms. The minimum Gasteiger partial charge on any atom is -0.383 e. The zero-order valence-corrected chi connectivity index (χ0v) is 13.7. The number of ether oxygens (including phenoxy) is 2. The van der Waals surface area contributed by atoms with Gasteiger partial charge in [0.1, 0.15) is 0 Å². The molecule has 0 bridgehead atoms. The summed E-state index contributed by atoms with van der Waals surface area (Å²) in [6.45, 7) is 9.98. The fourth-order valence-electron chi connectivity index (χ4n) is 2.73. The second kappa shape index (κ2) is 8.47. The van der Waals surface area contributed by atoms with Crippen LogP contribution in [0, 0.1) is 11.3 Å². The number of hydrogen-bond acceptors (Lipinski definition) is 3. The Balaban J connectivity index is 2.44. The Kier molecular flexibility index (Phi) is 7.30. The van der Waals surface area contributed by atoms with Gasteiger partial charge in [0.2, 0.25) is 0 Å². The van der Waals surface area contributed by atoms with Gasteiger partial charge in [-0.05, 0) is 18.3 Å². The van der Waals surface area contributed by atoms with Crippen molar-refractivity contribution in [2.24, 2.45) is 16.3 Å². The van der Waals surface area contributed by atoms with Gasteiger partial charge in [-0.15, -0.1) is 0 Å². The van der Waals surface area contributed by atoms with Crippen molar-refractivity contribution in [3.8, 4) is 0 Å². The van der Waals surface area contributed by atoms with Crippen molar-refractivity contribution in [3.05, 3.63) is 0 Å². The number of rotatable bonds is 5. The quantitative estimate of drug-likeness (QED) is 0.458. The van der Waals surface area contributed by atoms with Crippen molar-refractivity contribution >= 4 is 5.96 Å². The number of guanidine groups is 1. The molecule has 2 unspecified atom stereocenters. The van der Waals surface area contributed by atoms with Crippen LogP contribution in [0.3, 0.4) is 0 Å². The molecule has 1 heterocycles. The van der Waals surface area contributed by atoms with Gasteiger partial charge in [-0.1, -0.05) is 20.8 Å². The summed E-state index contributed by atoms with van der Waals surface area (Å²) in [6, 6.07) is 0. The number of aliphatic imine (C=N–C) groups is 1. The Labute approximate surface area is 123 Å². The Morgan fingerprint density at radius 3 is 2.70 bits per heavy atom. The number of methoxy groups -OCH3 is 1. The van der Waals surface area contributed by atoms with E-state index in [4.69, 9.17) is 9.47 Å². The van der Waals surface area contributed by atoms with Crippen molar-refractivity contribution in [2.45, 2.75) is 39.7 Å². The van der Waals surface area contributed by atoms with Gasteiger partial charge in [0.15, 0.2) is 5.96 Å². The first-order chi connectivity index (χ1) is 9.49. The Hall–Kier alpha value is -0.810. The molecule has 0 amide bonds. The predicted octanol–water partition coefficient (Wildman–Crippen LogP) is 1.64. The molecule has 0 aromatic rings. The average molecular weight is 285 g/mol. The second-order valence-electron chi connectivity index (χ2n) is 6.43. The van der Waals surface area contributed by atoms with E-state index in [1.54, 1.807) is 14.2 Å². The highest BCUT2D eigenvalue weighted by atomic mass is 16.5. The van der Waals surface area contributed by atoms with Crippen LogP contribution in [0.1, 0.15) is 33.6 Å². The van der Waals surface area contributed by atoms with Crippen molar-refractivity contribution in [2.75, 3.05) is 40.5 Å². The lowest BCUT2D eigenvalue weighted by atomic mass is 9.78. The van der Waals surface area contributed by atoms with Crippen LogP contribution in [0.5, 0.6) is 0 Å². The summed E-state index contributed by atoms with van der Waals surface area (Å²) < 4.78 is 11.0. The second-order valence-corrected chi connectivity index (χ2v) is 6.43. The van der Waals surface area contributed by atoms with Gasteiger partial charge in [-0.3, -0.25) is 4.99 Å². The van der Waals surface area contributed by atoms with Crippen LogP contribution in [0.2, 0.25) is 0 Å². The third-order valence-electron chi connectivity index (χ3n) is 3.65. The number of nitrogens with zero attached hydrogens (tertiary/aromatic N) is 1. The largest absolute Gasteiger partial charge is 0.383 e. The van der Waals surface area contributed by atoms with Crippen LogP contribution in [0.4, 0.5) is 0 Å². The standard InChI is InChI=1S/C15H31N3O2/c1-15(2,3)13-12(7-6-9-20-13)11-18-14(16-4)17-8-10-19-5/h12-13H,6-11H2,1-5H3,(H2,16,17,18). The maximum atomic E-state index is 6.00. The van der Waals surface area contributed by atoms with E-state index < -0.39 is 0 Å². The normalized spacial score (nSPS) is 24.6. The lowest BCUT2D eigenvalue weighted by molar-refractivity contribution is -0.0835. The van der Waals surface area contributed by atoms with E-state index in [0.29, 0.717) is 18.6 Å². The molecule has 0 aromatic heterocycles. The monoisotopic (exact) mass is 285 g/mol.